The van der Waals surface area contributed by atoms with Crippen LogP contribution >= 0.6 is 11.6 Å². The van der Waals surface area contributed by atoms with Gasteiger partial charge in [-0.25, -0.2) is 0 Å². The van der Waals surface area contributed by atoms with Crippen LogP contribution in [0.2, 0.25) is 5.02 Å². The smallest absolute Gasteiger partial charge is 0.122 e. The molecule has 0 heterocycles. The summed E-state index contributed by atoms with van der Waals surface area (Å²) in [6.07, 6.45) is 2.55. The van der Waals surface area contributed by atoms with Crippen molar-refractivity contribution >= 4 is 11.6 Å². The number of halogens is 1. The van der Waals surface area contributed by atoms with Gasteiger partial charge in [0.1, 0.15) is 5.75 Å². The second-order valence-corrected chi connectivity index (χ2v) is 4.93. The van der Waals surface area contributed by atoms with Crippen molar-refractivity contribution in [3.8, 4) is 5.75 Å². The van der Waals surface area contributed by atoms with Crippen LogP contribution in [0.25, 0.3) is 0 Å². The molecule has 1 atom stereocenters. The Labute approximate surface area is 102 Å². The van der Waals surface area contributed by atoms with Crippen molar-refractivity contribution in [3.63, 3.8) is 0 Å². The number of benzene rings is 1. The van der Waals surface area contributed by atoms with Crippen molar-refractivity contribution in [1.29, 1.82) is 0 Å². The van der Waals surface area contributed by atoms with E-state index in [2.05, 4.69) is 0 Å². The van der Waals surface area contributed by atoms with E-state index in [0.717, 1.165) is 22.3 Å². The second kappa shape index (κ2) is 4.64. The number of hydrogen-bond acceptors (Lipinski definition) is 2. The number of ether oxygens (including phenoxy) is 1. The fourth-order valence-electron chi connectivity index (χ4n) is 2.21. The Balaban J connectivity index is 2.40. The Kier molecular flexibility index (Phi) is 3.41. The second-order valence-electron chi connectivity index (χ2n) is 4.52. The molecule has 1 fully saturated rings. The molecule has 0 aromatic heterocycles. The van der Waals surface area contributed by atoms with Crippen molar-refractivity contribution in [2.75, 3.05) is 13.7 Å². The summed E-state index contributed by atoms with van der Waals surface area (Å²) in [7, 11) is 1.70. The van der Waals surface area contributed by atoms with E-state index in [4.69, 9.17) is 22.1 Å². The van der Waals surface area contributed by atoms with E-state index in [1.54, 1.807) is 7.11 Å². The van der Waals surface area contributed by atoms with E-state index in [0.29, 0.717) is 12.5 Å². The monoisotopic (exact) mass is 239 g/mol. The van der Waals surface area contributed by atoms with Crippen LogP contribution < -0.4 is 10.5 Å². The van der Waals surface area contributed by atoms with Gasteiger partial charge in [-0.05, 0) is 49.9 Å². The number of rotatable bonds is 4. The molecule has 1 aromatic rings. The molecule has 3 heteroatoms. The predicted octanol–water partition coefficient (Wildman–Crippen LogP) is 3.11. The lowest BCUT2D eigenvalue weighted by atomic mass is 9.92. The molecule has 0 bridgehead atoms. The van der Waals surface area contributed by atoms with Crippen LogP contribution in [0.1, 0.15) is 29.9 Å². The fraction of sp³-hybridized carbons (Fsp3) is 0.538. The molecule has 16 heavy (non-hydrogen) atoms. The van der Waals surface area contributed by atoms with E-state index >= 15 is 0 Å². The van der Waals surface area contributed by atoms with Crippen LogP contribution in [0.4, 0.5) is 0 Å². The van der Waals surface area contributed by atoms with Crippen LogP contribution in [0.15, 0.2) is 12.1 Å². The van der Waals surface area contributed by atoms with Crippen LogP contribution in [-0.4, -0.2) is 13.7 Å². The van der Waals surface area contributed by atoms with Crippen molar-refractivity contribution in [1.82, 2.24) is 0 Å². The number of hydrogen-bond donors (Lipinski definition) is 1. The molecule has 1 aliphatic carbocycles. The maximum absolute atomic E-state index is 6.17. The Hall–Kier alpha value is -0.730. The van der Waals surface area contributed by atoms with Crippen molar-refractivity contribution in [3.05, 3.63) is 28.3 Å². The molecule has 1 aromatic carbocycles. The molecule has 2 rings (SSSR count). The highest BCUT2D eigenvalue weighted by Gasteiger charge is 2.33. The maximum Gasteiger partial charge on any atom is 0.122 e. The number of methoxy groups -OCH3 is 1. The van der Waals surface area contributed by atoms with E-state index in [1.165, 1.54) is 18.4 Å². The SMILES string of the molecule is COc1cc(C)c(Cl)cc1C(CN)C1CC1. The molecule has 0 aliphatic heterocycles. The van der Waals surface area contributed by atoms with E-state index < -0.39 is 0 Å². The van der Waals surface area contributed by atoms with Crippen molar-refractivity contribution in [2.24, 2.45) is 11.7 Å². The molecule has 1 unspecified atom stereocenters. The van der Waals surface area contributed by atoms with Gasteiger partial charge in [0.2, 0.25) is 0 Å². The lowest BCUT2D eigenvalue weighted by molar-refractivity contribution is 0.402. The molecule has 1 aliphatic rings. The average Bonchev–Trinajstić information content (AvgIpc) is 3.08. The Morgan fingerprint density at radius 3 is 2.69 bits per heavy atom. The van der Waals surface area contributed by atoms with E-state index in [1.807, 2.05) is 19.1 Å². The van der Waals surface area contributed by atoms with Gasteiger partial charge >= 0.3 is 0 Å². The van der Waals surface area contributed by atoms with Gasteiger partial charge in [-0.15, -0.1) is 0 Å². The van der Waals surface area contributed by atoms with E-state index in [-0.39, 0.29) is 0 Å². The normalized spacial score (nSPS) is 17.2. The first kappa shape index (κ1) is 11.7. The summed E-state index contributed by atoms with van der Waals surface area (Å²) in [5, 5.41) is 0.801. The zero-order valence-corrected chi connectivity index (χ0v) is 10.6. The quantitative estimate of drug-likeness (QED) is 0.876. The number of aryl methyl sites for hydroxylation is 1. The van der Waals surface area contributed by atoms with Crippen LogP contribution in [0.5, 0.6) is 5.75 Å². The molecular formula is C13H18ClNO. The van der Waals surface area contributed by atoms with Gasteiger partial charge in [-0.3, -0.25) is 0 Å². The van der Waals surface area contributed by atoms with Gasteiger partial charge in [-0.1, -0.05) is 11.6 Å². The maximum atomic E-state index is 6.17. The Morgan fingerprint density at radius 1 is 1.50 bits per heavy atom. The van der Waals surface area contributed by atoms with Crippen LogP contribution in [0, 0.1) is 12.8 Å². The van der Waals surface area contributed by atoms with Gasteiger partial charge in [0.25, 0.3) is 0 Å². The Morgan fingerprint density at radius 2 is 2.19 bits per heavy atom. The van der Waals surface area contributed by atoms with Gasteiger partial charge in [0.05, 0.1) is 7.11 Å². The highest BCUT2D eigenvalue weighted by atomic mass is 35.5. The van der Waals surface area contributed by atoms with Gasteiger partial charge in [-0.2, -0.15) is 0 Å². The first-order chi connectivity index (χ1) is 7.67. The lowest BCUT2D eigenvalue weighted by Crippen LogP contribution is -2.15. The molecule has 88 valence electrons. The largest absolute Gasteiger partial charge is 0.496 e. The topological polar surface area (TPSA) is 35.2 Å². The predicted molar refractivity (Wildman–Crippen MR) is 67.3 cm³/mol. The molecule has 0 amide bonds. The third-order valence-corrected chi connectivity index (χ3v) is 3.76. The summed E-state index contributed by atoms with van der Waals surface area (Å²) in [5.74, 6) is 2.04. The van der Waals surface area contributed by atoms with Crippen LogP contribution in [-0.2, 0) is 0 Å². The number of nitrogens with two attached hydrogens (primary N) is 1. The summed E-state index contributed by atoms with van der Waals surface area (Å²) in [4.78, 5) is 0. The summed E-state index contributed by atoms with van der Waals surface area (Å²) >= 11 is 6.17. The minimum atomic E-state index is 0.396. The first-order valence-corrected chi connectivity index (χ1v) is 6.09. The van der Waals surface area contributed by atoms with Crippen LogP contribution in [0.3, 0.4) is 0 Å². The molecule has 0 radical (unpaired) electrons. The highest BCUT2D eigenvalue weighted by Crippen LogP contribution is 2.45. The van der Waals surface area contributed by atoms with Gasteiger partial charge in [0.15, 0.2) is 0 Å². The van der Waals surface area contributed by atoms with Crippen molar-refractivity contribution < 1.29 is 4.74 Å². The minimum absolute atomic E-state index is 0.396. The van der Waals surface area contributed by atoms with Gasteiger partial charge < -0.3 is 10.5 Å². The summed E-state index contributed by atoms with van der Waals surface area (Å²) in [6, 6.07) is 4.02. The van der Waals surface area contributed by atoms with E-state index in [9.17, 15) is 0 Å². The zero-order chi connectivity index (χ0) is 11.7. The fourth-order valence-corrected chi connectivity index (χ4v) is 2.38. The summed E-state index contributed by atoms with van der Waals surface area (Å²) in [6.45, 7) is 2.66. The minimum Gasteiger partial charge on any atom is -0.496 e. The first-order valence-electron chi connectivity index (χ1n) is 5.71. The van der Waals surface area contributed by atoms with Gasteiger partial charge in [0, 0.05) is 16.5 Å². The molecule has 0 saturated heterocycles. The average molecular weight is 240 g/mol. The zero-order valence-electron chi connectivity index (χ0n) is 9.79. The molecule has 2 N–H and O–H groups in total. The van der Waals surface area contributed by atoms with Crippen molar-refractivity contribution in [2.45, 2.75) is 25.7 Å². The summed E-state index contributed by atoms with van der Waals surface area (Å²) < 4.78 is 5.43. The third kappa shape index (κ3) is 2.18. The lowest BCUT2D eigenvalue weighted by Gasteiger charge is -2.19. The third-order valence-electron chi connectivity index (χ3n) is 3.36. The molecule has 1 saturated carbocycles. The summed E-state index contributed by atoms with van der Waals surface area (Å²) in [5.41, 5.74) is 8.08. The molecular weight excluding hydrogens is 222 g/mol. The standard InChI is InChI=1S/C13H18ClNO/c1-8-5-13(16-2)10(6-12(8)14)11(7-15)9-3-4-9/h5-6,9,11H,3-4,7,15H2,1-2H3. The molecule has 0 spiro atoms. The Bertz CT molecular complexity index is 388. The highest BCUT2D eigenvalue weighted by molar-refractivity contribution is 6.31. The molecule has 2 nitrogen and oxygen atoms in total.